The van der Waals surface area contributed by atoms with Gasteiger partial charge in [-0.2, -0.15) is 0 Å². The van der Waals surface area contributed by atoms with Crippen LogP contribution in [0.3, 0.4) is 0 Å². The number of nitrogens with one attached hydrogen (secondary N) is 1. The van der Waals surface area contributed by atoms with Gasteiger partial charge in [-0.05, 0) is 62.3 Å². The Bertz CT molecular complexity index is 396. The van der Waals surface area contributed by atoms with Crippen molar-refractivity contribution < 1.29 is 4.74 Å². The number of hydrogen-bond acceptors (Lipinski definition) is 2. The standard InChI is InChI=1S/C18H29NO/c1-5-18(19-4)15-7-10-16(11-8-15)20-17-9-6-13(2)14(3)12-17/h7-8,10-11,13-14,17-19H,5-6,9,12H2,1-4H3. The van der Waals surface area contributed by atoms with E-state index >= 15 is 0 Å². The third-order valence-corrected chi connectivity index (χ3v) is 4.89. The van der Waals surface area contributed by atoms with Crippen LogP contribution in [0, 0.1) is 11.8 Å². The van der Waals surface area contributed by atoms with Gasteiger partial charge in [0.25, 0.3) is 0 Å². The fourth-order valence-electron chi connectivity index (χ4n) is 3.18. The monoisotopic (exact) mass is 275 g/mol. The van der Waals surface area contributed by atoms with Crippen molar-refractivity contribution in [2.75, 3.05) is 7.05 Å². The molecule has 0 aliphatic heterocycles. The Morgan fingerprint density at radius 2 is 1.85 bits per heavy atom. The summed E-state index contributed by atoms with van der Waals surface area (Å²) in [7, 11) is 2.02. The minimum atomic E-state index is 0.401. The third-order valence-electron chi connectivity index (χ3n) is 4.89. The van der Waals surface area contributed by atoms with Crippen molar-refractivity contribution in [1.82, 2.24) is 5.32 Å². The second kappa shape index (κ2) is 7.12. The van der Waals surface area contributed by atoms with Gasteiger partial charge >= 0.3 is 0 Å². The van der Waals surface area contributed by atoms with E-state index in [1.165, 1.54) is 24.8 Å². The molecular weight excluding hydrogens is 246 g/mol. The van der Waals surface area contributed by atoms with Crippen molar-refractivity contribution in [3.8, 4) is 5.75 Å². The van der Waals surface area contributed by atoms with E-state index in [1.807, 2.05) is 7.05 Å². The van der Waals surface area contributed by atoms with Crippen LogP contribution < -0.4 is 10.1 Å². The molecule has 1 saturated carbocycles. The largest absolute Gasteiger partial charge is 0.490 e. The van der Waals surface area contributed by atoms with E-state index in [4.69, 9.17) is 4.74 Å². The minimum absolute atomic E-state index is 0.401. The van der Waals surface area contributed by atoms with Gasteiger partial charge in [-0.1, -0.05) is 32.9 Å². The lowest BCUT2D eigenvalue weighted by molar-refractivity contribution is 0.101. The Labute approximate surface area is 123 Å². The molecule has 0 amide bonds. The van der Waals surface area contributed by atoms with Crippen LogP contribution in [-0.4, -0.2) is 13.2 Å². The van der Waals surface area contributed by atoms with Crippen molar-refractivity contribution in [3.05, 3.63) is 29.8 Å². The molecule has 1 fully saturated rings. The lowest BCUT2D eigenvalue weighted by atomic mass is 9.80. The van der Waals surface area contributed by atoms with Gasteiger partial charge in [-0.3, -0.25) is 0 Å². The molecule has 1 aliphatic carbocycles. The number of hydrogen-bond donors (Lipinski definition) is 1. The summed E-state index contributed by atoms with van der Waals surface area (Å²) in [4.78, 5) is 0. The fourth-order valence-corrected chi connectivity index (χ4v) is 3.18. The molecule has 1 aromatic carbocycles. The molecule has 0 radical (unpaired) electrons. The average molecular weight is 275 g/mol. The van der Waals surface area contributed by atoms with E-state index < -0.39 is 0 Å². The summed E-state index contributed by atoms with van der Waals surface area (Å²) in [5, 5.41) is 3.34. The molecule has 0 saturated heterocycles. The van der Waals surface area contributed by atoms with Crippen molar-refractivity contribution in [3.63, 3.8) is 0 Å². The van der Waals surface area contributed by atoms with Gasteiger partial charge in [0.1, 0.15) is 5.75 Å². The normalized spacial score (nSPS) is 28.1. The fraction of sp³-hybridized carbons (Fsp3) is 0.667. The summed E-state index contributed by atoms with van der Waals surface area (Å²) in [6, 6.07) is 9.07. The van der Waals surface area contributed by atoms with Gasteiger partial charge in [0.15, 0.2) is 0 Å². The van der Waals surface area contributed by atoms with Gasteiger partial charge in [-0.25, -0.2) is 0 Å². The van der Waals surface area contributed by atoms with Crippen LogP contribution in [-0.2, 0) is 0 Å². The summed E-state index contributed by atoms with van der Waals surface area (Å²) in [6.07, 6.45) is 5.19. The Balaban J connectivity index is 1.94. The molecule has 1 aromatic rings. The van der Waals surface area contributed by atoms with E-state index in [1.54, 1.807) is 0 Å². The molecule has 4 atom stereocenters. The second-order valence-corrected chi connectivity index (χ2v) is 6.33. The van der Waals surface area contributed by atoms with Crippen LogP contribution in [0.1, 0.15) is 58.1 Å². The summed E-state index contributed by atoms with van der Waals surface area (Å²) in [5.41, 5.74) is 1.34. The molecule has 20 heavy (non-hydrogen) atoms. The van der Waals surface area contributed by atoms with Crippen LogP contribution in [0.5, 0.6) is 5.75 Å². The van der Waals surface area contributed by atoms with Crippen LogP contribution in [0.15, 0.2) is 24.3 Å². The van der Waals surface area contributed by atoms with E-state index in [0.29, 0.717) is 12.1 Å². The summed E-state index contributed by atoms with van der Waals surface area (Å²) in [5.74, 6) is 2.64. The molecule has 1 aliphatic rings. The highest BCUT2D eigenvalue weighted by Gasteiger charge is 2.25. The van der Waals surface area contributed by atoms with Crippen molar-refractivity contribution in [2.45, 2.75) is 58.6 Å². The second-order valence-electron chi connectivity index (χ2n) is 6.33. The summed E-state index contributed by atoms with van der Waals surface area (Å²) < 4.78 is 6.16. The Hall–Kier alpha value is -1.02. The zero-order valence-corrected chi connectivity index (χ0v) is 13.4. The van der Waals surface area contributed by atoms with E-state index in [9.17, 15) is 0 Å². The van der Waals surface area contributed by atoms with Gasteiger partial charge in [0.05, 0.1) is 6.10 Å². The van der Waals surface area contributed by atoms with Crippen molar-refractivity contribution in [2.24, 2.45) is 11.8 Å². The van der Waals surface area contributed by atoms with Gasteiger partial charge in [0.2, 0.25) is 0 Å². The van der Waals surface area contributed by atoms with Gasteiger partial charge in [0, 0.05) is 6.04 Å². The molecule has 4 unspecified atom stereocenters. The molecule has 2 heteroatoms. The van der Waals surface area contributed by atoms with E-state index in [2.05, 4.69) is 50.4 Å². The zero-order chi connectivity index (χ0) is 14.5. The average Bonchev–Trinajstić information content (AvgIpc) is 2.46. The summed E-state index contributed by atoms with van der Waals surface area (Å²) in [6.45, 7) is 6.91. The highest BCUT2D eigenvalue weighted by atomic mass is 16.5. The highest BCUT2D eigenvalue weighted by molar-refractivity contribution is 5.29. The molecular formula is C18H29NO. The molecule has 0 heterocycles. The molecule has 1 N–H and O–H groups in total. The van der Waals surface area contributed by atoms with Crippen molar-refractivity contribution >= 4 is 0 Å². The van der Waals surface area contributed by atoms with Crippen LogP contribution in [0.25, 0.3) is 0 Å². The van der Waals surface area contributed by atoms with Crippen LogP contribution in [0.2, 0.25) is 0 Å². The van der Waals surface area contributed by atoms with Gasteiger partial charge in [-0.15, -0.1) is 0 Å². The third kappa shape index (κ3) is 3.76. The number of ether oxygens (including phenoxy) is 1. The predicted octanol–water partition coefficient (Wildman–Crippen LogP) is 4.56. The first-order valence-electron chi connectivity index (χ1n) is 8.07. The molecule has 0 bridgehead atoms. The maximum atomic E-state index is 6.16. The first-order valence-corrected chi connectivity index (χ1v) is 8.07. The lowest BCUT2D eigenvalue weighted by Gasteiger charge is -2.32. The molecule has 112 valence electrons. The van der Waals surface area contributed by atoms with Gasteiger partial charge < -0.3 is 10.1 Å². The predicted molar refractivity (Wildman–Crippen MR) is 85.1 cm³/mol. The molecule has 2 nitrogen and oxygen atoms in total. The zero-order valence-electron chi connectivity index (χ0n) is 13.4. The number of rotatable bonds is 5. The molecule has 0 aromatic heterocycles. The first-order chi connectivity index (χ1) is 9.63. The van der Waals surface area contributed by atoms with Crippen molar-refractivity contribution in [1.29, 1.82) is 0 Å². The number of benzene rings is 1. The van der Waals surface area contributed by atoms with Crippen LogP contribution in [0.4, 0.5) is 0 Å². The maximum Gasteiger partial charge on any atom is 0.119 e. The summed E-state index contributed by atoms with van der Waals surface area (Å²) >= 11 is 0. The van der Waals surface area contributed by atoms with E-state index in [0.717, 1.165) is 24.0 Å². The maximum absolute atomic E-state index is 6.16. The Morgan fingerprint density at radius 3 is 2.40 bits per heavy atom. The minimum Gasteiger partial charge on any atom is -0.490 e. The van der Waals surface area contributed by atoms with Crippen LogP contribution >= 0.6 is 0 Å². The Kier molecular flexibility index (Phi) is 5.47. The quantitative estimate of drug-likeness (QED) is 0.850. The molecule has 0 spiro atoms. The lowest BCUT2D eigenvalue weighted by Crippen LogP contribution is -2.28. The smallest absolute Gasteiger partial charge is 0.119 e. The first kappa shape index (κ1) is 15.4. The Morgan fingerprint density at radius 1 is 1.15 bits per heavy atom. The topological polar surface area (TPSA) is 21.3 Å². The highest BCUT2D eigenvalue weighted by Crippen LogP contribution is 2.32. The SMILES string of the molecule is CCC(NC)c1ccc(OC2CCC(C)C(C)C2)cc1. The van der Waals surface area contributed by atoms with E-state index in [-0.39, 0.29) is 0 Å². The molecule has 2 rings (SSSR count).